The van der Waals surface area contributed by atoms with Crippen molar-refractivity contribution in [1.29, 1.82) is 0 Å². The summed E-state index contributed by atoms with van der Waals surface area (Å²) in [6.45, 7) is 4.41. The number of aliphatic hydroxyl groups excluding tert-OH is 1. The molecule has 2 atom stereocenters. The van der Waals surface area contributed by atoms with Gasteiger partial charge < -0.3 is 5.11 Å². The third-order valence-corrected chi connectivity index (χ3v) is 4.40. The van der Waals surface area contributed by atoms with E-state index >= 15 is 0 Å². The zero-order chi connectivity index (χ0) is 12.7. The Balaban J connectivity index is 2.27. The van der Waals surface area contributed by atoms with Crippen LogP contribution in [0.1, 0.15) is 33.1 Å². The van der Waals surface area contributed by atoms with E-state index < -0.39 is 0 Å². The molecular weight excluding hydrogens is 296 g/mol. The van der Waals surface area contributed by atoms with Crippen molar-refractivity contribution in [2.24, 2.45) is 5.92 Å². The van der Waals surface area contributed by atoms with Gasteiger partial charge >= 0.3 is 0 Å². The van der Waals surface area contributed by atoms with Crippen LogP contribution >= 0.6 is 27.7 Å². The van der Waals surface area contributed by atoms with Crippen LogP contribution in [0.2, 0.25) is 0 Å². The topological polar surface area (TPSA) is 20.2 Å². The van der Waals surface area contributed by atoms with Gasteiger partial charge in [0.2, 0.25) is 0 Å². The first-order valence-electron chi connectivity index (χ1n) is 6.18. The molecule has 0 radical (unpaired) electrons. The quantitative estimate of drug-likeness (QED) is 0.734. The minimum atomic E-state index is -0.190. The Morgan fingerprint density at radius 3 is 2.53 bits per heavy atom. The van der Waals surface area contributed by atoms with E-state index in [0.29, 0.717) is 5.92 Å². The Morgan fingerprint density at radius 1 is 1.29 bits per heavy atom. The van der Waals surface area contributed by atoms with Gasteiger partial charge in [0.1, 0.15) is 0 Å². The molecule has 0 saturated carbocycles. The van der Waals surface area contributed by atoms with Crippen LogP contribution in [-0.2, 0) is 0 Å². The maximum atomic E-state index is 9.93. The summed E-state index contributed by atoms with van der Waals surface area (Å²) in [5.74, 6) is 1.41. The van der Waals surface area contributed by atoms with Crippen molar-refractivity contribution < 1.29 is 5.11 Å². The number of hydrogen-bond donors (Lipinski definition) is 1. The molecule has 0 saturated heterocycles. The molecule has 0 aliphatic carbocycles. The molecule has 2 unspecified atom stereocenters. The van der Waals surface area contributed by atoms with Gasteiger partial charge in [0.15, 0.2) is 0 Å². The molecule has 0 aliphatic rings. The average Bonchev–Trinajstić information content (AvgIpc) is 2.28. The molecule has 17 heavy (non-hydrogen) atoms. The molecule has 0 heterocycles. The highest BCUT2D eigenvalue weighted by molar-refractivity contribution is 9.10. The molecule has 0 aliphatic heterocycles. The average molecular weight is 317 g/mol. The van der Waals surface area contributed by atoms with Crippen molar-refractivity contribution in [2.75, 3.05) is 5.75 Å². The summed E-state index contributed by atoms with van der Waals surface area (Å²) in [6, 6.07) is 8.23. The van der Waals surface area contributed by atoms with Gasteiger partial charge in [-0.1, -0.05) is 42.6 Å². The lowest BCUT2D eigenvalue weighted by molar-refractivity contribution is 0.166. The van der Waals surface area contributed by atoms with Crippen LogP contribution < -0.4 is 0 Å². The Bertz CT molecular complexity index is 313. The van der Waals surface area contributed by atoms with Crippen molar-refractivity contribution in [2.45, 2.75) is 44.1 Å². The summed E-state index contributed by atoms with van der Waals surface area (Å²) >= 11 is 5.14. The first kappa shape index (κ1) is 15.1. The second kappa shape index (κ2) is 8.17. The second-order valence-corrected chi connectivity index (χ2v) is 6.56. The van der Waals surface area contributed by atoms with E-state index in [1.54, 1.807) is 11.8 Å². The Hall–Kier alpha value is 0.01000. The van der Waals surface area contributed by atoms with Gasteiger partial charge in [-0.15, -0.1) is 11.8 Å². The van der Waals surface area contributed by atoms with Crippen molar-refractivity contribution in [1.82, 2.24) is 0 Å². The van der Waals surface area contributed by atoms with Crippen molar-refractivity contribution in [3.05, 3.63) is 28.7 Å². The Kier molecular flexibility index (Phi) is 7.24. The number of thioether (sulfide) groups is 1. The Labute approximate surface area is 117 Å². The van der Waals surface area contributed by atoms with E-state index in [-0.39, 0.29) is 6.10 Å². The first-order valence-corrected chi connectivity index (χ1v) is 7.96. The van der Waals surface area contributed by atoms with Crippen molar-refractivity contribution in [3.8, 4) is 0 Å². The van der Waals surface area contributed by atoms with E-state index in [4.69, 9.17) is 0 Å². The predicted molar refractivity (Wildman–Crippen MR) is 79.6 cm³/mol. The SMILES string of the molecule is CCCC(C)CC(O)CSc1ccc(Br)cc1. The van der Waals surface area contributed by atoms with Gasteiger partial charge in [-0.3, -0.25) is 0 Å². The Morgan fingerprint density at radius 2 is 1.94 bits per heavy atom. The zero-order valence-electron chi connectivity index (χ0n) is 10.5. The molecule has 0 amide bonds. The van der Waals surface area contributed by atoms with Crippen molar-refractivity contribution in [3.63, 3.8) is 0 Å². The third-order valence-electron chi connectivity index (χ3n) is 2.71. The van der Waals surface area contributed by atoms with Gasteiger partial charge in [0, 0.05) is 15.1 Å². The molecule has 1 N–H and O–H groups in total. The molecular formula is C14H21BrOS. The minimum absolute atomic E-state index is 0.190. The van der Waals surface area contributed by atoms with Crippen molar-refractivity contribution >= 4 is 27.7 Å². The fourth-order valence-electron chi connectivity index (χ4n) is 1.87. The van der Waals surface area contributed by atoms with Crippen LogP contribution in [0.3, 0.4) is 0 Å². The van der Waals surface area contributed by atoms with E-state index in [2.05, 4.69) is 41.9 Å². The molecule has 1 aromatic rings. The summed E-state index contributed by atoms with van der Waals surface area (Å²) in [4.78, 5) is 1.22. The third kappa shape index (κ3) is 6.49. The number of halogens is 1. The van der Waals surface area contributed by atoms with Crippen LogP contribution in [0.25, 0.3) is 0 Å². The highest BCUT2D eigenvalue weighted by atomic mass is 79.9. The first-order chi connectivity index (χ1) is 8.11. The summed E-state index contributed by atoms with van der Waals surface area (Å²) in [5.41, 5.74) is 0. The molecule has 96 valence electrons. The summed E-state index contributed by atoms with van der Waals surface area (Å²) in [5, 5.41) is 9.93. The smallest absolute Gasteiger partial charge is 0.0636 e. The molecule has 0 aromatic heterocycles. The number of benzene rings is 1. The van der Waals surface area contributed by atoms with Crippen LogP contribution in [0, 0.1) is 5.92 Å². The molecule has 1 nitrogen and oxygen atoms in total. The summed E-state index contributed by atoms with van der Waals surface area (Å²) in [6.07, 6.45) is 3.13. The summed E-state index contributed by atoms with van der Waals surface area (Å²) < 4.78 is 1.10. The summed E-state index contributed by atoms with van der Waals surface area (Å²) in [7, 11) is 0. The minimum Gasteiger partial charge on any atom is -0.392 e. The fourth-order valence-corrected chi connectivity index (χ4v) is 2.98. The van der Waals surface area contributed by atoms with Gasteiger partial charge in [-0.25, -0.2) is 0 Å². The highest BCUT2D eigenvalue weighted by Gasteiger charge is 2.10. The second-order valence-electron chi connectivity index (χ2n) is 4.55. The zero-order valence-corrected chi connectivity index (χ0v) is 12.9. The number of aliphatic hydroxyl groups is 1. The molecule has 0 spiro atoms. The molecule has 3 heteroatoms. The number of rotatable bonds is 7. The van der Waals surface area contributed by atoms with E-state index in [0.717, 1.165) is 16.6 Å². The largest absolute Gasteiger partial charge is 0.392 e. The molecule has 1 aromatic carbocycles. The van der Waals surface area contributed by atoms with Crippen LogP contribution in [-0.4, -0.2) is 17.0 Å². The number of hydrogen-bond acceptors (Lipinski definition) is 2. The molecule has 0 fully saturated rings. The fraction of sp³-hybridized carbons (Fsp3) is 0.571. The standard InChI is InChI=1S/C14H21BrOS/c1-3-4-11(2)9-13(16)10-17-14-7-5-12(15)6-8-14/h5-8,11,13,16H,3-4,9-10H2,1-2H3. The van der Waals surface area contributed by atoms with E-state index in [9.17, 15) is 5.11 Å². The van der Waals surface area contributed by atoms with Gasteiger partial charge in [-0.05, 0) is 36.6 Å². The molecule has 1 rings (SSSR count). The normalized spacial score (nSPS) is 14.6. The predicted octanol–water partition coefficient (Wildman–Crippen LogP) is 4.73. The van der Waals surface area contributed by atoms with Gasteiger partial charge in [0.05, 0.1) is 6.10 Å². The van der Waals surface area contributed by atoms with E-state index in [1.165, 1.54) is 17.7 Å². The van der Waals surface area contributed by atoms with E-state index in [1.807, 2.05) is 12.1 Å². The maximum Gasteiger partial charge on any atom is 0.0636 e. The highest BCUT2D eigenvalue weighted by Crippen LogP contribution is 2.23. The lowest BCUT2D eigenvalue weighted by Gasteiger charge is -2.15. The van der Waals surface area contributed by atoms with Gasteiger partial charge in [-0.2, -0.15) is 0 Å². The van der Waals surface area contributed by atoms with Crippen LogP contribution in [0.5, 0.6) is 0 Å². The molecule has 0 bridgehead atoms. The monoisotopic (exact) mass is 316 g/mol. The lowest BCUT2D eigenvalue weighted by Crippen LogP contribution is -2.14. The maximum absolute atomic E-state index is 9.93. The van der Waals surface area contributed by atoms with Gasteiger partial charge in [0.25, 0.3) is 0 Å². The van der Waals surface area contributed by atoms with Crippen LogP contribution in [0.4, 0.5) is 0 Å². The van der Waals surface area contributed by atoms with Crippen LogP contribution in [0.15, 0.2) is 33.6 Å². The lowest BCUT2D eigenvalue weighted by atomic mass is 10.00.